The molecule has 0 radical (unpaired) electrons. The summed E-state index contributed by atoms with van der Waals surface area (Å²) in [5.41, 5.74) is 3.34. The Kier molecular flexibility index (Phi) is 12.9. The van der Waals surface area contributed by atoms with Crippen LogP contribution < -0.4 is 24.4 Å². The minimum atomic E-state index is -0.621. The fraction of sp³-hybridized carbons (Fsp3) is 0.395. The van der Waals surface area contributed by atoms with Crippen molar-refractivity contribution in [1.29, 1.82) is 0 Å². The minimum Gasteiger partial charge on any atom is -0.497 e. The molecule has 1 aliphatic heterocycles. The smallest absolute Gasteiger partial charge is 0.410 e. The lowest BCUT2D eigenvalue weighted by molar-refractivity contribution is -0.000739. The number of carbonyl (C=O) groups is 1. The summed E-state index contributed by atoms with van der Waals surface area (Å²) in [6.07, 6.45) is 2.96. The Balaban J connectivity index is 1.38. The van der Waals surface area contributed by atoms with Crippen molar-refractivity contribution < 1.29 is 28.1 Å². The Morgan fingerprint density at radius 2 is 1.53 bits per heavy atom. The molecule has 1 N–H and O–H groups in total. The molecule has 14 nitrogen and oxygen atoms in total. The van der Waals surface area contributed by atoms with E-state index in [9.17, 15) is 9.18 Å². The highest BCUT2D eigenvalue weighted by Gasteiger charge is 2.33. The molecule has 15 heteroatoms. The highest BCUT2D eigenvalue weighted by molar-refractivity contribution is 5.75. The second kappa shape index (κ2) is 18.0. The van der Waals surface area contributed by atoms with Gasteiger partial charge in [0.25, 0.3) is 0 Å². The molecule has 4 heterocycles. The highest BCUT2D eigenvalue weighted by atomic mass is 19.1. The number of benzene rings is 2. The molecular weight excluding hydrogens is 742 g/mol. The molecule has 2 aromatic carbocycles. The van der Waals surface area contributed by atoms with Crippen molar-refractivity contribution in [3.05, 3.63) is 101 Å². The first kappa shape index (κ1) is 41.5. The van der Waals surface area contributed by atoms with Crippen LogP contribution in [0.15, 0.2) is 73.1 Å². The molecule has 306 valence electrons. The number of aromatic nitrogens is 5. The number of halogens is 1. The van der Waals surface area contributed by atoms with Crippen molar-refractivity contribution in [3.8, 4) is 28.8 Å². The predicted molar refractivity (Wildman–Crippen MR) is 220 cm³/mol. The van der Waals surface area contributed by atoms with Gasteiger partial charge in [-0.1, -0.05) is 24.3 Å². The standard InChI is InChI=1S/C43H52FN9O5/c1-27-24-51(42(54)58-43(4,5)6)18-19-53(27)28(2)32-20-36(38(45-22-32)49-33-21-37(44)40(57-9)46-23-33)39-47-29(3)48-41(50-39)52(25-30-10-14-34(55-7)15-11-30)26-31-12-16-35(56-8)17-13-31/h10-17,20-23,27-28H,18-19,24-26H2,1-9H3,(H,45,49)/t27-,28+/m0/s1. The van der Waals surface area contributed by atoms with Crippen LogP contribution in [0.4, 0.5) is 26.6 Å². The molecule has 0 bridgehead atoms. The van der Waals surface area contributed by atoms with Crippen molar-refractivity contribution in [2.24, 2.45) is 0 Å². The number of nitrogens with zero attached hydrogens (tertiary/aromatic N) is 8. The van der Waals surface area contributed by atoms with E-state index < -0.39 is 11.4 Å². The molecule has 1 amide bonds. The largest absolute Gasteiger partial charge is 0.497 e. The molecule has 1 fully saturated rings. The molecule has 3 aromatic heterocycles. The maximum atomic E-state index is 14.8. The van der Waals surface area contributed by atoms with Crippen LogP contribution in [0.5, 0.6) is 17.4 Å². The molecule has 2 atom stereocenters. The van der Waals surface area contributed by atoms with Crippen LogP contribution in [0.2, 0.25) is 0 Å². The number of methoxy groups -OCH3 is 3. The van der Waals surface area contributed by atoms with Gasteiger partial charge >= 0.3 is 6.09 Å². The summed E-state index contributed by atoms with van der Waals surface area (Å²) in [5, 5.41) is 3.25. The molecule has 1 aliphatic rings. The molecule has 0 unspecified atom stereocenters. The number of rotatable bonds is 13. The number of nitrogens with one attached hydrogen (secondary N) is 1. The highest BCUT2D eigenvalue weighted by Crippen LogP contribution is 2.34. The van der Waals surface area contributed by atoms with Crippen LogP contribution in [-0.2, 0) is 17.8 Å². The molecule has 0 aliphatic carbocycles. The summed E-state index contributed by atoms with van der Waals surface area (Å²) < 4.78 is 36.4. The van der Waals surface area contributed by atoms with Gasteiger partial charge in [-0.3, -0.25) is 4.90 Å². The molecule has 58 heavy (non-hydrogen) atoms. The van der Waals surface area contributed by atoms with Gasteiger partial charge < -0.3 is 34.1 Å². The Bertz CT molecular complexity index is 2130. The van der Waals surface area contributed by atoms with Crippen molar-refractivity contribution in [2.45, 2.75) is 72.3 Å². The number of pyridine rings is 2. The number of aryl methyl sites for hydroxylation is 1. The Hall–Kier alpha value is -6.09. The SMILES string of the molecule is COc1ccc(CN(Cc2ccc(OC)cc2)c2nc(C)nc(-c3cc([C@@H](C)N4CCN(C(=O)OC(C)(C)C)C[C@@H]4C)cnc3Nc3cnc(OC)c(F)c3)n2)cc1. The van der Waals surface area contributed by atoms with Crippen LogP contribution in [-0.4, -0.2) is 93.4 Å². The summed E-state index contributed by atoms with van der Waals surface area (Å²) >= 11 is 0. The molecule has 0 spiro atoms. The van der Waals surface area contributed by atoms with E-state index in [1.165, 1.54) is 19.4 Å². The maximum Gasteiger partial charge on any atom is 0.410 e. The Morgan fingerprint density at radius 3 is 2.09 bits per heavy atom. The molecular formula is C43H52FN9O5. The molecule has 5 aromatic rings. The summed E-state index contributed by atoms with van der Waals surface area (Å²) in [6, 6.07) is 19.0. The van der Waals surface area contributed by atoms with Crippen LogP contribution in [0, 0.1) is 12.7 Å². The first-order valence-corrected chi connectivity index (χ1v) is 19.2. The number of piperazine rings is 1. The number of anilines is 3. The van der Waals surface area contributed by atoms with Gasteiger partial charge in [-0.05, 0) is 88.6 Å². The van der Waals surface area contributed by atoms with Crippen molar-refractivity contribution in [3.63, 3.8) is 0 Å². The van der Waals surface area contributed by atoms with Crippen molar-refractivity contribution in [1.82, 2.24) is 34.7 Å². The van der Waals surface area contributed by atoms with Crippen LogP contribution in [0.25, 0.3) is 11.4 Å². The van der Waals surface area contributed by atoms with Crippen LogP contribution in [0.3, 0.4) is 0 Å². The third-order valence-corrected chi connectivity index (χ3v) is 9.81. The Labute approximate surface area is 339 Å². The first-order chi connectivity index (χ1) is 27.7. The average Bonchev–Trinajstić information content (AvgIpc) is 3.20. The fourth-order valence-electron chi connectivity index (χ4n) is 6.82. The zero-order chi connectivity index (χ0) is 41.6. The van der Waals surface area contributed by atoms with Crippen molar-refractivity contribution in [2.75, 3.05) is 51.2 Å². The quantitative estimate of drug-likeness (QED) is 0.124. The van der Waals surface area contributed by atoms with Gasteiger partial charge in [0.05, 0.1) is 38.8 Å². The van der Waals surface area contributed by atoms with Gasteiger partial charge in [0.15, 0.2) is 11.6 Å². The normalized spacial score (nSPS) is 15.1. The van der Waals surface area contributed by atoms with E-state index in [0.717, 1.165) is 28.2 Å². The van der Waals surface area contributed by atoms with E-state index >= 15 is 0 Å². The van der Waals surface area contributed by atoms with E-state index in [2.05, 4.69) is 33.9 Å². The lowest BCUT2D eigenvalue weighted by atomic mass is 10.0. The van der Waals surface area contributed by atoms with E-state index in [1.54, 1.807) is 25.3 Å². The first-order valence-electron chi connectivity index (χ1n) is 19.2. The van der Waals surface area contributed by atoms with E-state index in [0.29, 0.717) is 67.4 Å². The van der Waals surface area contributed by atoms with E-state index in [1.807, 2.05) is 82.3 Å². The summed E-state index contributed by atoms with van der Waals surface area (Å²) in [7, 11) is 4.65. The zero-order valence-corrected chi connectivity index (χ0v) is 34.6. The molecule has 6 rings (SSSR count). The second-order valence-electron chi connectivity index (χ2n) is 15.3. The average molecular weight is 794 g/mol. The van der Waals surface area contributed by atoms with Gasteiger partial charge in [-0.25, -0.2) is 24.1 Å². The second-order valence-corrected chi connectivity index (χ2v) is 15.3. The minimum absolute atomic E-state index is 0.0290. The van der Waals surface area contributed by atoms with Gasteiger partial charge in [0, 0.05) is 57.1 Å². The van der Waals surface area contributed by atoms with Crippen LogP contribution in [0.1, 0.15) is 63.2 Å². The predicted octanol–water partition coefficient (Wildman–Crippen LogP) is 7.75. The lowest BCUT2D eigenvalue weighted by Crippen LogP contribution is -2.54. The van der Waals surface area contributed by atoms with Gasteiger partial charge in [-0.2, -0.15) is 9.97 Å². The van der Waals surface area contributed by atoms with Gasteiger partial charge in [0.1, 0.15) is 28.7 Å². The topological polar surface area (TPSA) is 140 Å². The van der Waals surface area contributed by atoms with E-state index in [4.69, 9.17) is 38.9 Å². The molecule has 0 saturated carbocycles. The zero-order valence-electron chi connectivity index (χ0n) is 34.6. The van der Waals surface area contributed by atoms with Crippen molar-refractivity contribution >= 4 is 23.5 Å². The monoisotopic (exact) mass is 793 g/mol. The maximum absolute atomic E-state index is 14.8. The number of hydrogen-bond donors (Lipinski definition) is 1. The van der Waals surface area contributed by atoms with Crippen LogP contribution >= 0.6 is 0 Å². The number of amides is 1. The molecule has 1 saturated heterocycles. The number of hydrogen-bond acceptors (Lipinski definition) is 13. The number of carbonyl (C=O) groups excluding carboxylic acids is 1. The Morgan fingerprint density at radius 1 is 0.897 bits per heavy atom. The number of ether oxygens (including phenoxy) is 4. The lowest BCUT2D eigenvalue weighted by Gasteiger charge is -2.43. The van der Waals surface area contributed by atoms with Gasteiger partial charge in [-0.15, -0.1) is 0 Å². The third kappa shape index (κ3) is 10.3. The van der Waals surface area contributed by atoms with Gasteiger partial charge in [0.2, 0.25) is 11.8 Å². The summed E-state index contributed by atoms with van der Waals surface area (Å²) in [4.78, 5) is 42.8. The summed E-state index contributed by atoms with van der Waals surface area (Å²) in [6.45, 7) is 14.3. The fourth-order valence-corrected chi connectivity index (χ4v) is 6.82. The third-order valence-electron chi connectivity index (χ3n) is 9.81. The van der Waals surface area contributed by atoms with E-state index in [-0.39, 0.29) is 24.1 Å². The summed E-state index contributed by atoms with van der Waals surface area (Å²) in [5.74, 6) is 2.53.